The summed E-state index contributed by atoms with van der Waals surface area (Å²) in [6.07, 6.45) is 7.80. The summed E-state index contributed by atoms with van der Waals surface area (Å²) in [4.78, 5) is 23.3. The molecule has 2 aromatic heterocycles. The van der Waals surface area contributed by atoms with E-state index in [0.717, 1.165) is 11.1 Å². The number of nitrogens with zero attached hydrogens (tertiary/aromatic N) is 2. The molecule has 3 rings (SSSR count). The Morgan fingerprint density at radius 2 is 1.96 bits per heavy atom. The van der Waals surface area contributed by atoms with Crippen molar-refractivity contribution in [2.45, 2.75) is 6.54 Å². The Bertz CT molecular complexity index is 867. The lowest BCUT2D eigenvalue weighted by Crippen LogP contribution is -2.40. The minimum atomic E-state index is -0.526. The van der Waals surface area contributed by atoms with Crippen molar-refractivity contribution in [1.29, 1.82) is 0 Å². The van der Waals surface area contributed by atoms with Gasteiger partial charge in [-0.3, -0.25) is 25.1 Å². The molecular weight excluding hydrogens is 320 g/mol. The van der Waals surface area contributed by atoms with Crippen molar-refractivity contribution < 1.29 is 14.0 Å². The summed E-state index contributed by atoms with van der Waals surface area (Å²) in [7, 11) is 0. The van der Waals surface area contributed by atoms with Crippen LogP contribution in [0.1, 0.15) is 21.7 Å². The van der Waals surface area contributed by atoms with Crippen molar-refractivity contribution in [2.24, 2.45) is 0 Å². The number of furan rings is 1. The van der Waals surface area contributed by atoms with E-state index in [1.807, 2.05) is 36.5 Å². The lowest BCUT2D eigenvalue weighted by molar-refractivity contribution is -0.117. The van der Waals surface area contributed by atoms with Crippen molar-refractivity contribution in [3.8, 4) is 0 Å². The molecule has 0 atom stereocenters. The highest BCUT2D eigenvalue weighted by atomic mass is 16.3. The molecule has 0 aliphatic heterocycles. The normalized spacial score (nSPS) is 10.7. The Hall–Kier alpha value is -3.61. The predicted molar refractivity (Wildman–Crippen MR) is 91.1 cm³/mol. The SMILES string of the molecule is O=C(/C=C/c1cnn(Cc2ccccc2)c1)NNC(=O)c1ccco1. The number of carbonyl (C=O) groups excluding carboxylic acids is 2. The van der Waals surface area contributed by atoms with E-state index in [0.29, 0.717) is 6.54 Å². The van der Waals surface area contributed by atoms with Gasteiger partial charge in [-0.2, -0.15) is 5.10 Å². The second-order valence-corrected chi connectivity index (χ2v) is 5.21. The monoisotopic (exact) mass is 336 g/mol. The Kier molecular flexibility index (Phi) is 5.06. The molecule has 2 amide bonds. The number of amides is 2. The Morgan fingerprint density at radius 3 is 2.72 bits per heavy atom. The van der Waals surface area contributed by atoms with E-state index in [-0.39, 0.29) is 5.76 Å². The van der Waals surface area contributed by atoms with Gasteiger partial charge in [0.15, 0.2) is 5.76 Å². The number of hydrogen-bond acceptors (Lipinski definition) is 4. The van der Waals surface area contributed by atoms with E-state index in [9.17, 15) is 9.59 Å². The van der Waals surface area contributed by atoms with Crippen LogP contribution in [-0.4, -0.2) is 21.6 Å². The molecule has 0 unspecified atom stereocenters. The third kappa shape index (κ3) is 4.68. The van der Waals surface area contributed by atoms with E-state index in [2.05, 4.69) is 16.0 Å². The van der Waals surface area contributed by atoms with Crippen LogP contribution in [0.3, 0.4) is 0 Å². The van der Waals surface area contributed by atoms with Crippen LogP contribution >= 0.6 is 0 Å². The first-order valence-electron chi connectivity index (χ1n) is 7.59. The molecule has 7 nitrogen and oxygen atoms in total. The van der Waals surface area contributed by atoms with Gasteiger partial charge in [-0.15, -0.1) is 0 Å². The molecule has 7 heteroatoms. The fourth-order valence-corrected chi connectivity index (χ4v) is 2.12. The Morgan fingerprint density at radius 1 is 1.12 bits per heavy atom. The lowest BCUT2D eigenvalue weighted by atomic mass is 10.2. The average molecular weight is 336 g/mol. The molecule has 0 bridgehead atoms. The quantitative estimate of drug-likeness (QED) is 0.551. The Balaban J connectivity index is 1.50. The highest BCUT2D eigenvalue weighted by Crippen LogP contribution is 2.05. The second kappa shape index (κ2) is 7.78. The molecule has 0 fully saturated rings. The fourth-order valence-electron chi connectivity index (χ4n) is 2.12. The summed E-state index contributed by atoms with van der Waals surface area (Å²) in [5.74, 6) is -0.871. The summed E-state index contributed by atoms with van der Waals surface area (Å²) >= 11 is 0. The van der Waals surface area contributed by atoms with Crippen LogP contribution in [0.5, 0.6) is 0 Å². The zero-order chi connectivity index (χ0) is 17.5. The van der Waals surface area contributed by atoms with Gasteiger partial charge in [-0.05, 0) is 23.8 Å². The molecule has 2 N–H and O–H groups in total. The van der Waals surface area contributed by atoms with Gasteiger partial charge in [0.2, 0.25) is 0 Å². The largest absolute Gasteiger partial charge is 0.459 e. The highest BCUT2D eigenvalue weighted by molar-refractivity contribution is 5.96. The minimum absolute atomic E-state index is 0.117. The van der Waals surface area contributed by atoms with Gasteiger partial charge in [0.25, 0.3) is 5.91 Å². The average Bonchev–Trinajstić information content (AvgIpc) is 3.31. The fraction of sp³-hybridized carbons (Fsp3) is 0.0556. The standard InChI is InChI=1S/C18H16N4O3/c23-17(20-21-18(24)16-7-4-10-25-16)9-8-15-11-19-22(13-15)12-14-5-2-1-3-6-14/h1-11,13H,12H2,(H,20,23)(H,21,24)/b9-8+. The molecule has 1 aromatic carbocycles. The van der Waals surface area contributed by atoms with Gasteiger partial charge in [0, 0.05) is 17.8 Å². The van der Waals surface area contributed by atoms with Crippen molar-refractivity contribution >= 4 is 17.9 Å². The van der Waals surface area contributed by atoms with E-state index in [1.165, 1.54) is 18.4 Å². The zero-order valence-corrected chi connectivity index (χ0v) is 13.3. The third-order valence-electron chi connectivity index (χ3n) is 3.31. The molecule has 25 heavy (non-hydrogen) atoms. The first-order valence-corrected chi connectivity index (χ1v) is 7.59. The van der Waals surface area contributed by atoms with E-state index >= 15 is 0 Å². The smallest absolute Gasteiger partial charge is 0.305 e. The highest BCUT2D eigenvalue weighted by Gasteiger charge is 2.08. The maximum absolute atomic E-state index is 11.7. The van der Waals surface area contributed by atoms with Crippen LogP contribution in [0, 0.1) is 0 Å². The maximum atomic E-state index is 11.7. The van der Waals surface area contributed by atoms with E-state index in [1.54, 1.807) is 23.0 Å². The predicted octanol–water partition coefficient (Wildman–Crippen LogP) is 2.00. The first kappa shape index (κ1) is 16.3. The summed E-state index contributed by atoms with van der Waals surface area (Å²) in [6, 6.07) is 13.0. The topological polar surface area (TPSA) is 89.2 Å². The molecule has 0 radical (unpaired) electrons. The van der Waals surface area contributed by atoms with Gasteiger partial charge in [0.1, 0.15) is 0 Å². The van der Waals surface area contributed by atoms with E-state index < -0.39 is 11.8 Å². The van der Waals surface area contributed by atoms with Gasteiger partial charge in [-0.1, -0.05) is 30.3 Å². The number of carbonyl (C=O) groups is 2. The van der Waals surface area contributed by atoms with Crippen LogP contribution in [0.15, 0.2) is 71.6 Å². The third-order valence-corrected chi connectivity index (χ3v) is 3.31. The number of rotatable bonds is 5. The molecule has 2 heterocycles. The van der Waals surface area contributed by atoms with Crippen molar-refractivity contribution in [3.63, 3.8) is 0 Å². The Labute approximate surface area is 143 Å². The molecule has 126 valence electrons. The summed E-state index contributed by atoms with van der Waals surface area (Å²) in [6.45, 7) is 0.653. The van der Waals surface area contributed by atoms with Crippen LogP contribution in [0.25, 0.3) is 6.08 Å². The number of benzene rings is 1. The van der Waals surface area contributed by atoms with Gasteiger partial charge < -0.3 is 4.42 Å². The molecule has 0 aliphatic carbocycles. The van der Waals surface area contributed by atoms with Crippen LogP contribution in [0.2, 0.25) is 0 Å². The molecule has 0 saturated carbocycles. The molecule has 3 aromatic rings. The van der Waals surface area contributed by atoms with Crippen LogP contribution < -0.4 is 10.9 Å². The van der Waals surface area contributed by atoms with Gasteiger partial charge in [0.05, 0.1) is 19.0 Å². The number of aromatic nitrogens is 2. The van der Waals surface area contributed by atoms with Crippen LogP contribution in [0.4, 0.5) is 0 Å². The molecule has 0 spiro atoms. The molecule has 0 saturated heterocycles. The maximum Gasteiger partial charge on any atom is 0.305 e. The minimum Gasteiger partial charge on any atom is -0.459 e. The second-order valence-electron chi connectivity index (χ2n) is 5.21. The summed E-state index contributed by atoms with van der Waals surface area (Å²) in [5.41, 5.74) is 6.45. The van der Waals surface area contributed by atoms with Crippen molar-refractivity contribution in [3.05, 3.63) is 84.1 Å². The van der Waals surface area contributed by atoms with Crippen molar-refractivity contribution in [2.75, 3.05) is 0 Å². The zero-order valence-electron chi connectivity index (χ0n) is 13.3. The summed E-state index contributed by atoms with van der Waals surface area (Å²) in [5, 5.41) is 4.25. The number of nitrogens with one attached hydrogen (secondary N) is 2. The first-order chi connectivity index (χ1) is 12.2. The number of hydrazine groups is 1. The van der Waals surface area contributed by atoms with Crippen molar-refractivity contribution in [1.82, 2.24) is 20.6 Å². The molecular formula is C18H16N4O3. The molecule has 0 aliphatic rings. The summed E-state index contributed by atoms with van der Waals surface area (Å²) < 4.78 is 6.70. The van der Waals surface area contributed by atoms with E-state index in [4.69, 9.17) is 4.42 Å². The lowest BCUT2D eigenvalue weighted by Gasteiger charge is -2.02. The number of hydrogen-bond donors (Lipinski definition) is 2. The van der Waals surface area contributed by atoms with Gasteiger partial charge in [-0.25, -0.2) is 0 Å². The van der Waals surface area contributed by atoms with Gasteiger partial charge >= 0.3 is 5.91 Å². The van der Waals surface area contributed by atoms with Crippen LogP contribution in [-0.2, 0) is 11.3 Å².